The number of likely N-dealkylation sites (tertiary alicyclic amines) is 1. The number of anilines is 1. The van der Waals surface area contributed by atoms with E-state index in [0.29, 0.717) is 19.7 Å². The first kappa shape index (κ1) is 21.4. The standard InChI is InChI=1S/C25H31N3O3/c1-3-26(4-2)17-19-8-7-10-20(16-19)24(29)27-14-12-22(13-15-27)28-23-11-6-5-9-21(23)18-31-25(28)30/h5-11,16,22H,3-4,12-15,17-18H2,1-2H3. The summed E-state index contributed by atoms with van der Waals surface area (Å²) < 4.78 is 5.38. The summed E-state index contributed by atoms with van der Waals surface area (Å²) in [6, 6.07) is 15.9. The van der Waals surface area contributed by atoms with Crippen molar-refractivity contribution in [2.24, 2.45) is 0 Å². The second-order valence-electron chi connectivity index (χ2n) is 8.24. The number of cyclic esters (lactones) is 1. The summed E-state index contributed by atoms with van der Waals surface area (Å²) >= 11 is 0. The first-order chi connectivity index (χ1) is 15.1. The topological polar surface area (TPSA) is 53.1 Å². The van der Waals surface area contributed by atoms with Crippen LogP contribution in [-0.2, 0) is 17.9 Å². The van der Waals surface area contributed by atoms with Gasteiger partial charge in [0.25, 0.3) is 5.91 Å². The Morgan fingerprint density at radius 1 is 1.06 bits per heavy atom. The van der Waals surface area contributed by atoms with E-state index < -0.39 is 0 Å². The van der Waals surface area contributed by atoms with Crippen LogP contribution in [0, 0.1) is 0 Å². The van der Waals surface area contributed by atoms with E-state index in [2.05, 4.69) is 24.8 Å². The molecule has 0 spiro atoms. The molecule has 0 N–H and O–H groups in total. The van der Waals surface area contributed by atoms with E-state index in [1.807, 2.05) is 47.4 Å². The Morgan fingerprint density at radius 2 is 1.81 bits per heavy atom. The van der Waals surface area contributed by atoms with Crippen molar-refractivity contribution in [1.82, 2.24) is 9.80 Å². The summed E-state index contributed by atoms with van der Waals surface area (Å²) in [5, 5.41) is 0. The molecule has 0 radical (unpaired) electrons. The molecule has 0 saturated carbocycles. The molecule has 164 valence electrons. The molecule has 1 fully saturated rings. The van der Waals surface area contributed by atoms with Crippen molar-refractivity contribution >= 4 is 17.7 Å². The third kappa shape index (κ3) is 4.59. The molecule has 2 aliphatic heterocycles. The molecule has 2 aliphatic rings. The zero-order chi connectivity index (χ0) is 21.8. The van der Waals surface area contributed by atoms with Gasteiger partial charge in [0.2, 0.25) is 0 Å². The van der Waals surface area contributed by atoms with Crippen molar-refractivity contribution in [2.75, 3.05) is 31.1 Å². The number of hydrogen-bond donors (Lipinski definition) is 0. The number of nitrogens with zero attached hydrogens (tertiary/aromatic N) is 3. The molecule has 6 nitrogen and oxygen atoms in total. The van der Waals surface area contributed by atoms with Crippen LogP contribution >= 0.6 is 0 Å². The summed E-state index contributed by atoms with van der Waals surface area (Å²) in [5.41, 5.74) is 3.88. The summed E-state index contributed by atoms with van der Waals surface area (Å²) in [7, 11) is 0. The molecule has 4 rings (SSSR count). The number of hydrogen-bond acceptors (Lipinski definition) is 4. The average Bonchev–Trinajstić information content (AvgIpc) is 2.82. The van der Waals surface area contributed by atoms with Crippen LogP contribution in [0.1, 0.15) is 48.2 Å². The van der Waals surface area contributed by atoms with Gasteiger partial charge in [-0.15, -0.1) is 0 Å². The highest BCUT2D eigenvalue weighted by Gasteiger charge is 2.35. The molecule has 2 aromatic rings. The van der Waals surface area contributed by atoms with Crippen LogP contribution in [0.5, 0.6) is 0 Å². The van der Waals surface area contributed by atoms with Gasteiger partial charge in [0.05, 0.1) is 5.69 Å². The Hall–Kier alpha value is -2.86. The minimum Gasteiger partial charge on any atom is -0.444 e. The minimum absolute atomic E-state index is 0.0481. The second-order valence-corrected chi connectivity index (χ2v) is 8.24. The Kier molecular flexibility index (Phi) is 6.56. The molecule has 0 unspecified atom stereocenters. The number of piperidine rings is 1. The largest absolute Gasteiger partial charge is 0.444 e. The number of fused-ring (bicyclic) bond motifs is 1. The Labute approximate surface area is 184 Å². The van der Waals surface area contributed by atoms with Crippen molar-refractivity contribution < 1.29 is 14.3 Å². The Bertz CT molecular complexity index is 933. The first-order valence-electron chi connectivity index (χ1n) is 11.2. The lowest BCUT2D eigenvalue weighted by molar-refractivity contribution is 0.0708. The highest BCUT2D eigenvalue weighted by Crippen LogP contribution is 2.32. The summed E-state index contributed by atoms with van der Waals surface area (Å²) in [6.45, 7) is 8.73. The van der Waals surface area contributed by atoms with Crippen LogP contribution in [0.3, 0.4) is 0 Å². The maximum atomic E-state index is 13.1. The fourth-order valence-electron chi connectivity index (χ4n) is 4.54. The van der Waals surface area contributed by atoms with Gasteiger partial charge in [-0.1, -0.05) is 44.2 Å². The number of ether oxygens (including phenoxy) is 1. The maximum absolute atomic E-state index is 13.1. The van der Waals surface area contributed by atoms with Gasteiger partial charge < -0.3 is 9.64 Å². The van der Waals surface area contributed by atoms with Gasteiger partial charge in [0.1, 0.15) is 6.61 Å². The predicted octanol–water partition coefficient (Wildman–Crippen LogP) is 4.29. The van der Waals surface area contributed by atoms with Gasteiger partial charge >= 0.3 is 6.09 Å². The van der Waals surface area contributed by atoms with Gasteiger partial charge in [-0.2, -0.15) is 0 Å². The van der Waals surface area contributed by atoms with Gasteiger partial charge in [0, 0.05) is 36.8 Å². The quantitative estimate of drug-likeness (QED) is 0.698. The van der Waals surface area contributed by atoms with Gasteiger partial charge in [-0.05, 0) is 49.7 Å². The number of carbonyl (C=O) groups excluding carboxylic acids is 2. The normalized spacial score (nSPS) is 16.9. The minimum atomic E-state index is -0.285. The van der Waals surface area contributed by atoms with E-state index in [1.54, 1.807) is 4.90 Å². The smallest absolute Gasteiger partial charge is 0.414 e. The fraction of sp³-hybridized carbons (Fsp3) is 0.440. The summed E-state index contributed by atoms with van der Waals surface area (Å²) in [6.07, 6.45) is 1.20. The number of amides is 2. The molecular weight excluding hydrogens is 390 g/mol. The third-order valence-corrected chi connectivity index (χ3v) is 6.39. The first-order valence-corrected chi connectivity index (χ1v) is 11.2. The molecular formula is C25H31N3O3. The molecule has 2 heterocycles. The monoisotopic (exact) mass is 421 g/mol. The van der Waals surface area contributed by atoms with Crippen LogP contribution in [0.15, 0.2) is 48.5 Å². The SMILES string of the molecule is CCN(CC)Cc1cccc(C(=O)N2CCC(N3C(=O)OCc4ccccc43)CC2)c1. The zero-order valence-corrected chi connectivity index (χ0v) is 18.4. The lowest BCUT2D eigenvalue weighted by Gasteiger charge is -2.40. The number of rotatable bonds is 6. The molecule has 0 aliphatic carbocycles. The van der Waals surface area contributed by atoms with E-state index in [9.17, 15) is 9.59 Å². The van der Waals surface area contributed by atoms with Crippen LogP contribution < -0.4 is 4.90 Å². The molecule has 2 amide bonds. The van der Waals surface area contributed by atoms with Gasteiger partial charge in [-0.3, -0.25) is 14.6 Å². The highest BCUT2D eigenvalue weighted by atomic mass is 16.6. The van der Waals surface area contributed by atoms with Crippen molar-refractivity contribution in [3.05, 3.63) is 65.2 Å². The number of benzene rings is 2. The van der Waals surface area contributed by atoms with Gasteiger partial charge in [-0.25, -0.2) is 4.79 Å². The van der Waals surface area contributed by atoms with E-state index in [-0.39, 0.29) is 18.0 Å². The van der Waals surface area contributed by atoms with Crippen LogP contribution in [0.25, 0.3) is 0 Å². The molecule has 0 bridgehead atoms. The number of para-hydroxylation sites is 1. The molecule has 31 heavy (non-hydrogen) atoms. The van der Waals surface area contributed by atoms with E-state index in [4.69, 9.17) is 4.74 Å². The van der Waals surface area contributed by atoms with Crippen molar-refractivity contribution in [1.29, 1.82) is 0 Å². The lowest BCUT2D eigenvalue weighted by Crippen LogP contribution is -2.50. The van der Waals surface area contributed by atoms with Crippen molar-refractivity contribution in [2.45, 2.75) is 45.9 Å². The molecule has 0 atom stereocenters. The zero-order valence-electron chi connectivity index (χ0n) is 18.4. The summed E-state index contributed by atoms with van der Waals surface area (Å²) in [4.78, 5) is 31.6. The van der Waals surface area contributed by atoms with Crippen LogP contribution in [0.4, 0.5) is 10.5 Å². The van der Waals surface area contributed by atoms with E-state index >= 15 is 0 Å². The van der Waals surface area contributed by atoms with Gasteiger partial charge in [0.15, 0.2) is 0 Å². The fourth-order valence-corrected chi connectivity index (χ4v) is 4.54. The molecule has 1 saturated heterocycles. The van der Waals surface area contributed by atoms with Crippen LogP contribution in [-0.4, -0.2) is 54.0 Å². The Morgan fingerprint density at radius 3 is 2.55 bits per heavy atom. The van der Waals surface area contributed by atoms with Crippen LogP contribution in [0.2, 0.25) is 0 Å². The van der Waals surface area contributed by atoms with Crippen molar-refractivity contribution in [3.63, 3.8) is 0 Å². The molecule has 0 aromatic heterocycles. The summed E-state index contributed by atoms with van der Waals surface area (Å²) in [5.74, 6) is 0.0708. The lowest BCUT2D eigenvalue weighted by atomic mass is 10.00. The third-order valence-electron chi connectivity index (χ3n) is 6.39. The maximum Gasteiger partial charge on any atom is 0.414 e. The van der Waals surface area contributed by atoms with Crippen molar-refractivity contribution in [3.8, 4) is 0 Å². The van der Waals surface area contributed by atoms with E-state index in [0.717, 1.165) is 54.9 Å². The molecule has 2 aromatic carbocycles. The second kappa shape index (κ2) is 9.52. The predicted molar refractivity (Wildman–Crippen MR) is 121 cm³/mol. The van der Waals surface area contributed by atoms with E-state index in [1.165, 1.54) is 0 Å². The highest BCUT2D eigenvalue weighted by molar-refractivity contribution is 5.95. The Balaban J connectivity index is 1.41. The molecule has 6 heteroatoms. The average molecular weight is 422 g/mol. The number of carbonyl (C=O) groups is 2.